The highest BCUT2D eigenvalue weighted by Crippen LogP contribution is 2.33. The summed E-state index contributed by atoms with van der Waals surface area (Å²) < 4.78 is 35.9. The molecule has 7 nitrogen and oxygen atoms in total. The van der Waals surface area contributed by atoms with E-state index in [0.29, 0.717) is 29.7 Å². The molecule has 0 fully saturated rings. The largest absolute Gasteiger partial charge is 0.503 e. The second-order valence-corrected chi connectivity index (χ2v) is 7.54. The van der Waals surface area contributed by atoms with Gasteiger partial charge in [-0.25, -0.2) is 9.18 Å². The van der Waals surface area contributed by atoms with Crippen LogP contribution < -0.4 is 9.47 Å². The van der Waals surface area contributed by atoms with Crippen LogP contribution in [0.4, 0.5) is 4.39 Å². The Balaban J connectivity index is 1.70. The number of hydrogen-bond donors (Lipinski definition) is 0. The van der Waals surface area contributed by atoms with Crippen molar-refractivity contribution in [3.8, 4) is 11.5 Å². The third-order valence-corrected chi connectivity index (χ3v) is 5.17. The van der Waals surface area contributed by atoms with Crippen LogP contribution in [0.25, 0.3) is 5.57 Å². The first kappa shape index (κ1) is 26.3. The van der Waals surface area contributed by atoms with Crippen molar-refractivity contribution in [2.75, 3.05) is 27.9 Å². The molecule has 0 aliphatic carbocycles. The molecule has 0 atom stereocenters. The molecule has 0 saturated heterocycles. The highest BCUT2D eigenvalue weighted by atomic mass is 19.1. The van der Waals surface area contributed by atoms with Gasteiger partial charge in [0.05, 0.1) is 33.8 Å². The minimum Gasteiger partial charge on any atom is -0.503 e. The van der Waals surface area contributed by atoms with E-state index in [1.807, 2.05) is 30.3 Å². The van der Waals surface area contributed by atoms with Gasteiger partial charge >= 0.3 is 5.97 Å². The smallest absolute Gasteiger partial charge is 0.341 e. The molecule has 0 amide bonds. The zero-order valence-electron chi connectivity index (χ0n) is 20.4. The SMILES string of the molecule is COC=C(C(=O)OC)c1ccccc1COc1c(F)cc(C=NOCCc2ccccc2)cc1OC. The molecule has 3 aromatic rings. The number of esters is 1. The zero-order valence-corrected chi connectivity index (χ0v) is 20.4. The summed E-state index contributed by atoms with van der Waals surface area (Å²) in [7, 11) is 4.13. The van der Waals surface area contributed by atoms with Crippen LogP contribution in [0, 0.1) is 5.82 Å². The van der Waals surface area contributed by atoms with E-state index in [0.717, 1.165) is 5.56 Å². The van der Waals surface area contributed by atoms with Crippen LogP contribution in [0.15, 0.2) is 78.1 Å². The van der Waals surface area contributed by atoms with E-state index >= 15 is 0 Å². The molecule has 36 heavy (non-hydrogen) atoms. The molecule has 0 aliphatic heterocycles. The van der Waals surface area contributed by atoms with Crippen LogP contribution in [-0.2, 0) is 32.1 Å². The quantitative estimate of drug-likeness (QED) is 0.0866. The first-order chi connectivity index (χ1) is 17.6. The molecule has 0 aliphatic rings. The molecule has 0 unspecified atom stereocenters. The highest BCUT2D eigenvalue weighted by molar-refractivity contribution is 6.16. The average molecular weight is 494 g/mol. The molecule has 0 N–H and O–H groups in total. The fraction of sp³-hybridized carbons (Fsp3) is 0.214. The van der Waals surface area contributed by atoms with Crippen LogP contribution in [0.5, 0.6) is 11.5 Å². The minimum atomic E-state index is -0.627. The molecule has 0 radical (unpaired) electrons. The van der Waals surface area contributed by atoms with Gasteiger partial charge in [-0.3, -0.25) is 0 Å². The van der Waals surface area contributed by atoms with Gasteiger partial charge in [-0.2, -0.15) is 0 Å². The van der Waals surface area contributed by atoms with Crippen LogP contribution in [0.3, 0.4) is 0 Å². The zero-order chi connectivity index (χ0) is 25.8. The first-order valence-corrected chi connectivity index (χ1v) is 11.2. The predicted octanol–water partition coefficient (Wildman–Crippen LogP) is 5.17. The van der Waals surface area contributed by atoms with Crippen molar-refractivity contribution in [1.29, 1.82) is 0 Å². The second-order valence-electron chi connectivity index (χ2n) is 7.54. The number of methoxy groups -OCH3 is 3. The Morgan fingerprint density at radius 3 is 2.47 bits per heavy atom. The molecule has 0 bridgehead atoms. The summed E-state index contributed by atoms with van der Waals surface area (Å²) in [4.78, 5) is 17.5. The Labute approximate surface area is 209 Å². The summed E-state index contributed by atoms with van der Waals surface area (Å²) in [6.45, 7) is 0.364. The molecular weight excluding hydrogens is 465 g/mol. The van der Waals surface area contributed by atoms with E-state index in [9.17, 15) is 9.18 Å². The number of oxime groups is 1. The minimum absolute atomic E-state index is 0.0302. The number of rotatable bonds is 12. The summed E-state index contributed by atoms with van der Waals surface area (Å²) in [6, 6.07) is 19.8. The van der Waals surface area contributed by atoms with Gasteiger partial charge in [-0.05, 0) is 28.8 Å². The number of benzene rings is 3. The average Bonchev–Trinajstić information content (AvgIpc) is 2.91. The fourth-order valence-corrected chi connectivity index (χ4v) is 3.42. The summed E-state index contributed by atoms with van der Waals surface area (Å²) in [5.41, 5.74) is 2.98. The number of ether oxygens (including phenoxy) is 4. The molecular formula is C28H28FNO6. The number of nitrogens with zero attached hydrogens (tertiary/aromatic N) is 1. The van der Waals surface area contributed by atoms with Crippen molar-refractivity contribution in [1.82, 2.24) is 0 Å². The highest BCUT2D eigenvalue weighted by Gasteiger charge is 2.19. The van der Waals surface area contributed by atoms with Crippen molar-refractivity contribution in [3.63, 3.8) is 0 Å². The number of halogens is 1. The van der Waals surface area contributed by atoms with Gasteiger partial charge in [0.15, 0.2) is 17.3 Å². The number of carbonyl (C=O) groups excluding carboxylic acids is 1. The second kappa shape index (κ2) is 13.5. The molecule has 188 valence electrons. The predicted molar refractivity (Wildman–Crippen MR) is 134 cm³/mol. The van der Waals surface area contributed by atoms with Crippen molar-refractivity contribution >= 4 is 17.8 Å². The summed E-state index contributed by atoms with van der Waals surface area (Å²) in [5.74, 6) is -1.07. The first-order valence-electron chi connectivity index (χ1n) is 11.2. The van der Waals surface area contributed by atoms with E-state index in [2.05, 4.69) is 5.16 Å². The summed E-state index contributed by atoms with van der Waals surface area (Å²) >= 11 is 0. The monoisotopic (exact) mass is 493 g/mol. The topological polar surface area (TPSA) is 75.6 Å². The van der Waals surface area contributed by atoms with Crippen molar-refractivity contribution < 1.29 is 33.0 Å². The molecule has 0 saturated carbocycles. The van der Waals surface area contributed by atoms with Crippen molar-refractivity contribution in [3.05, 3.63) is 101 Å². The van der Waals surface area contributed by atoms with Gasteiger partial charge in [0.2, 0.25) is 0 Å². The van der Waals surface area contributed by atoms with Crippen LogP contribution >= 0.6 is 0 Å². The summed E-state index contributed by atoms with van der Waals surface area (Å²) in [6.07, 6.45) is 3.41. The number of carbonyl (C=O) groups is 1. The van der Waals surface area contributed by atoms with Crippen molar-refractivity contribution in [2.24, 2.45) is 5.16 Å². The molecule has 8 heteroatoms. The standard InChI is InChI=1S/C28H28FNO6/c1-32-19-24(28(31)34-3)23-12-8-7-11-22(23)18-35-27-25(29)15-21(16-26(27)33-2)17-30-36-14-13-20-9-5-4-6-10-20/h4-12,15-17,19H,13-14,18H2,1-3H3. The van der Waals surface area contributed by atoms with E-state index in [1.54, 1.807) is 30.3 Å². The van der Waals surface area contributed by atoms with E-state index < -0.39 is 11.8 Å². The lowest BCUT2D eigenvalue weighted by atomic mass is 10.0. The maximum atomic E-state index is 14.9. The third kappa shape index (κ3) is 7.09. The summed E-state index contributed by atoms with van der Waals surface area (Å²) in [5, 5.41) is 3.92. The van der Waals surface area contributed by atoms with Gasteiger partial charge in [-0.15, -0.1) is 0 Å². The molecule has 0 spiro atoms. The molecule has 0 aromatic heterocycles. The van der Waals surface area contributed by atoms with Crippen molar-refractivity contribution in [2.45, 2.75) is 13.0 Å². The Morgan fingerprint density at radius 2 is 1.75 bits per heavy atom. The normalized spacial score (nSPS) is 11.3. The van der Waals surface area contributed by atoms with Gasteiger partial charge < -0.3 is 23.8 Å². The maximum absolute atomic E-state index is 14.9. The Kier molecular flexibility index (Phi) is 9.88. The third-order valence-electron chi connectivity index (χ3n) is 5.17. The van der Waals surface area contributed by atoms with E-state index in [4.69, 9.17) is 23.8 Å². The van der Waals surface area contributed by atoms with Gasteiger partial charge in [-0.1, -0.05) is 59.8 Å². The van der Waals surface area contributed by atoms with Gasteiger partial charge in [0.25, 0.3) is 0 Å². The molecule has 3 rings (SSSR count). The Hall–Kier alpha value is -4.33. The van der Waals surface area contributed by atoms with E-state index in [1.165, 1.54) is 39.9 Å². The molecule has 0 heterocycles. The maximum Gasteiger partial charge on any atom is 0.341 e. The van der Waals surface area contributed by atoms with E-state index in [-0.39, 0.29) is 23.7 Å². The van der Waals surface area contributed by atoms with Crippen LogP contribution in [0.1, 0.15) is 22.3 Å². The number of hydrogen-bond acceptors (Lipinski definition) is 7. The van der Waals surface area contributed by atoms with Gasteiger partial charge in [0.1, 0.15) is 18.8 Å². The van der Waals surface area contributed by atoms with Gasteiger partial charge in [0, 0.05) is 12.0 Å². The Morgan fingerprint density at radius 1 is 1.00 bits per heavy atom. The lowest BCUT2D eigenvalue weighted by molar-refractivity contribution is -0.133. The lowest BCUT2D eigenvalue weighted by Gasteiger charge is -2.15. The molecule has 3 aromatic carbocycles. The Bertz CT molecular complexity index is 1210. The van der Waals surface area contributed by atoms with Crippen LogP contribution in [-0.4, -0.2) is 40.1 Å². The fourth-order valence-electron chi connectivity index (χ4n) is 3.42. The lowest BCUT2D eigenvalue weighted by Crippen LogP contribution is -2.09. The van der Waals surface area contributed by atoms with Crippen LogP contribution in [0.2, 0.25) is 0 Å².